The zero-order valence-corrected chi connectivity index (χ0v) is 11.3. The van der Waals surface area contributed by atoms with Crippen molar-refractivity contribution in [2.75, 3.05) is 12.3 Å². The van der Waals surface area contributed by atoms with Gasteiger partial charge in [-0.15, -0.1) is 8.58 Å². The number of rotatable bonds is 12. The third kappa shape index (κ3) is 15.4. The smallest absolute Gasteiger partial charge is 0.303 e. The number of unbranched alkanes of at least 4 members (excludes halogenated alkanes) is 4. The molecule has 2 N–H and O–H groups in total. The van der Waals surface area contributed by atoms with E-state index in [9.17, 15) is 9.59 Å². The van der Waals surface area contributed by atoms with Gasteiger partial charge in [-0.3, -0.25) is 9.59 Å². The molecule has 0 saturated carbocycles. The van der Waals surface area contributed by atoms with E-state index in [0.717, 1.165) is 47.1 Å². The van der Waals surface area contributed by atoms with Crippen LogP contribution in [0.4, 0.5) is 0 Å². The van der Waals surface area contributed by atoms with Gasteiger partial charge >= 0.3 is 11.9 Å². The Bertz CT molecular complexity index is 197. The maximum atomic E-state index is 10.2. The Morgan fingerprint density at radius 3 is 1.47 bits per heavy atom. The fourth-order valence-electron chi connectivity index (χ4n) is 1.53. The summed E-state index contributed by atoms with van der Waals surface area (Å²) in [6.45, 7) is 0. The molecule has 0 saturated heterocycles. The van der Waals surface area contributed by atoms with Gasteiger partial charge in [0.1, 0.15) is 0 Å². The molecule has 0 aromatic heterocycles. The Labute approximate surface area is 105 Å². The van der Waals surface area contributed by atoms with Crippen molar-refractivity contribution < 1.29 is 19.8 Å². The molecule has 0 heterocycles. The molecule has 0 aliphatic carbocycles. The van der Waals surface area contributed by atoms with E-state index in [-0.39, 0.29) is 12.8 Å². The summed E-state index contributed by atoms with van der Waals surface area (Å²) >= 11 is 0. The molecule has 0 radical (unpaired) electrons. The van der Waals surface area contributed by atoms with Gasteiger partial charge in [0.05, 0.1) is 0 Å². The molecule has 0 spiro atoms. The van der Waals surface area contributed by atoms with Crippen LogP contribution in [0.3, 0.4) is 0 Å². The van der Waals surface area contributed by atoms with Gasteiger partial charge in [0.2, 0.25) is 0 Å². The number of carboxylic acid groups (broad SMARTS) is 2. The topological polar surface area (TPSA) is 74.6 Å². The largest absolute Gasteiger partial charge is 0.481 e. The molecule has 0 fully saturated rings. The first-order valence-corrected chi connectivity index (χ1v) is 7.68. The minimum absolute atomic E-state index is 0.290. The van der Waals surface area contributed by atoms with Crippen molar-refractivity contribution in [2.45, 2.75) is 51.4 Å². The summed E-state index contributed by atoms with van der Waals surface area (Å²) in [4.78, 5) is 20.5. The van der Waals surface area contributed by atoms with E-state index in [4.69, 9.17) is 10.2 Å². The fourth-order valence-corrected chi connectivity index (χ4v) is 2.78. The Morgan fingerprint density at radius 1 is 0.706 bits per heavy atom. The Hall–Kier alpha value is -0.630. The molecule has 0 aromatic carbocycles. The third-order valence-electron chi connectivity index (χ3n) is 2.49. The average Bonchev–Trinajstić information content (AvgIpc) is 2.25. The number of hydrogen-bond donors (Lipinski definition) is 2. The second kappa shape index (κ2) is 11.8. The molecule has 0 rings (SSSR count). The Morgan fingerprint density at radius 2 is 1.12 bits per heavy atom. The molecule has 100 valence electrons. The van der Waals surface area contributed by atoms with Gasteiger partial charge in [0.15, 0.2) is 0 Å². The van der Waals surface area contributed by atoms with E-state index >= 15 is 0 Å². The predicted molar refractivity (Wildman–Crippen MR) is 70.3 cm³/mol. The first-order chi connectivity index (χ1) is 8.13. The van der Waals surface area contributed by atoms with Crippen LogP contribution in [0, 0.1) is 0 Å². The van der Waals surface area contributed by atoms with E-state index in [1.54, 1.807) is 0 Å². The molecular weight excluding hydrogens is 239 g/mol. The quantitative estimate of drug-likeness (QED) is 0.419. The fraction of sp³-hybridized carbons (Fsp3) is 0.833. The molecular formula is C12H23O4P. The standard InChI is InChI=1S/C12H23O4P/c13-11(14)7-3-1-5-9-17-10-6-2-4-8-12(15)16/h17H,1-10H2,(H,13,14)(H,15,16). The van der Waals surface area contributed by atoms with Crippen molar-refractivity contribution >= 4 is 20.5 Å². The van der Waals surface area contributed by atoms with Crippen molar-refractivity contribution in [3.63, 3.8) is 0 Å². The van der Waals surface area contributed by atoms with Crippen molar-refractivity contribution in [2.24, 2.45) is 0 Å². The molecule has 0 aliphatic rings. The minimum Gasteiger partial charge on any atom is -0.481 e. The van der Waals surface area contributed by atoms with Crippen LogP contribution in [-0.2, 0) is 9.59 Å². The molecule has 4 nitrogen and oxygen atoms in total. The van der Waals surface area contributed by atoms with Crippen LogP contribution >= 0.6 is 8.58 Å². The van der Waals surface area contributed by atoms with Crippen molar-refractivity contribution in [3.05, 3.63) is 0 Å². The number of carboxylic acids is 2. The summed E-state index contributed by atoms with van der Waals surface area (Å²) in [6.07, 6.45) is 8.82. The normalized spacial score (nSPS) is 10.4. The highest BCUT2D eigenvalue weighted by atomic mass is 31.1. The summed E-state index contributed by atoms with van der Waals surface area (Å²) in [5.74, 6) is -1.41. The van der Waals surface area contributed by atoms with Gasteiger partial charge in [-0.05, 0) is 38.0 Å². The highest BCUT2D eigenvalue weighted by Gasteiger charge is 1.97. The molecule has 5 heteroatoms. The van der Waals surface area contributed by atoms with E-state index < -0.39 is 11.9 Å². The van der Waals surface area contributed by atoms with Crippen molar-refractivity contribution in [3.8, 4) is 0 Å². The molecule has 0 bridgehead atoms. The maximum absolute atomic E-state index is 10.2. The highest BCUT2D eigenvalue weighted by molar-refractivity contribution is 7.37. The van der Waals surface area contributed by atoms with Crippen molar-refractivity contribution in [1.29, 1.82) is 0 Å². The zero-order chi connectivity index (χ0) is 12.9. The zero-order valence-electron chi connectivity index (χ0n) is 10.3. The molecule has 0 unspecified atom stereocenters. The van der Waals surface area contributed by atoms with Crippen LogP contribution in [0.15, 0.2) is 0 Å². The second-order valence-electron chi connectivity index (χ2n) is 4.16. The summed E-state index contributed by atoms with van der Waals surface area (Å²) in [7, 11) is 0.949. The van der Waals surface area contributed by atoms with Crippen LogP contribution in [0.5, 0.6) is 0 Å². The van der Waals surface area contributed by atoms with E-state index in [1.807, 2.05) is 0 Å². The lowest BCUT2D eigenvalue weighted by atomic mass is 10.2. The van der Waals surface area contributed by atoms with Gasteiger partial charge in [0, 0.05) is 12.8 Å². The highest BCUT2D eigenvalue weighted by Crippen LogP contribution is 2.17. The lowest BCUT2D eigenvalue weighted by molar-refractivity contribution is -0.138. The molecule has 0 atom stereocenters. The number of aliphatic carboxylic acids is 2. The lowest BCUT2D eigenvalue weighted by Gasteiger charge is -2.01. The Balaban J connectivity index is 2.98. The molecule has 0 amide bonds. The SMILES string of the molecule is O=C(O)CCCCCPCCCCCC(=O)O. The van der Waals surface area contributed by atoms with Crippen LogP contribution < -0.4 is 0 Å². The number of carbonyl (C=O) groups is 2. The van der Waals surface area contributed by atoms with Crippen molar-refractivity contribution in [1.82, 2.24) is 0 Å². The van der Waals surface area contributed by atoms with E-state index in [1.165, 1.54) is 12.3 Å². The van der Waals surface area contributed by atoms with Gasteiger partial charge in [-0.2, -0.15) is 0 Å². The van der Waals surface area contributed by atoms with E-state index in [2.05, 4.69) is 0 Å². The lowest BCUT2D eigenvalue weighted by Crippen LogP contribution is -1.94. The predicted octanol–water partition coefficient (Wildman–Crippen LogP) is 2.95. The van der Waals surface area contributed by atoms with Gasteiger partial charge in [-0.1, -0.05) is 12.8 Å². The van der Waals surface area contributed by atoms with E-state index in [0.29, 0.717) is 0 Å². The van der Waals surface area contributed by atoms with Gasteiger partial charge in [-0.25, -0.2) is 0 Å². The molecule has 17 heavy (non-hydrogen) atoms. The summed E-state index contributed by atoms with van der Waals surface area (Å²) < 4.78 is 0. The first-order valence-electron chi connectivity index (χ1n) is 6.27. The van der Waals surface area contributed by atoms with Crippen LogP contribution in [0.1, 0.15) is 51.4 Å². The minimum atomic E-state index is -0.703. The molecule has 0 aromatic rings. The van der Waals surface area contributed by atoms with Gasteiger partial charge in [0.25, 0.3) is 0 Å². The Kier molecular flexibility index (Phi) is 11.4. The third-order valence-corrected chi connectivity index (χ3v) is 3.90. The van der Waals surface area contributed by atoms with Gasteiger partial charge < -0.3 is 10.2 Å². The summed E-state index contributed by atoms with van der Waals surface area (Å²) in [5.41, 5.74) is 0. The summed E-state index contributed by atoms with van der Waals surface area (Å²) in [5, 5.41) is 16.9. The molecule has 0 aliphatic heterocycles. The second-order valence-corrected chi connectivity index (χ2v) is 5.66. The monoisotopic (exact) mass is 262 g/mol. The van der Waals surface area contributed by atoms with Crippen LogP contribution in [0.2, 0.25) is 0 Å². The van der Waals surface area contributed by atoms with Crippen LogP contribution in [-0.4, -0.2) is 34.5 Å². The van der Waals surface area contributed by atoms with Crippen LogP contribution in [0.25, 0.3) is 0 Å². The maximum Gasteiger partial charge on any atom is 0.303 e. The summed E-state index contributed by atoms with van der Waals surface area (Å²) in [6, 6.07) is 0. The number of hydrogen-bond acceptors (Lipinski definition) is 2. The average molecular weight is 262 g/mol. The first kappa shape index (κ1) is 16.4.